The number of halogens is 1. The van der Waals surface area contributed by atoms with Crippen molar-refractivity contribution in [1.82, 2.24) is 24.6 Å². The molecule has 2 amide bonds. The Bertz CT molecular complexity index is 1150. The van der Waals surface area contributed by atoms with Gasteiger partial charge >= 0.3 is 0 Å². The number of rotatable bonds is 4. The number of anilines is 1. The van der Waals surface area contributed by atoms with Gasteiger partial charge in [0.05, 0.1) is 23.2 Å². The number of aromatic nitrogens is 3. The van der Waals surface area contributed by atoms with Gasteiger partial charge < -0.3 is 10.2 Å². The molecule has 0 bridgehead atoms. The summed E-state index contributed by atoms with van der Waals surface area (Å²) in [6.07, 6.45) is 0. The zero-order valence-corrected chi connectivity index (χ0v) is 17.9. The van der Waals surface area contributed by atoms with Crippen LogP contribution in [0.1, 0.15) is 21.7 Å². The average molecular weight is 424 g/mol. The number of nitrogens with zero attached hydrogens (tertiary/aromatic N) is 5. The Hall–Kier alpha value is -3.33. The number of fused-ring (bicyclic) bond motifs is 1. The molecule has 1 aliphatic heterocycles. The fourth-order valence-electron chi connectivity index (χ4n) is 3.99. The third kappa shape index (κ3) is 4.41. The highest BCUT2D eigenvalue weighted by molar-refractivity contribution is 6.06. The molecule has 0 saturated carbocycles. The van der Waals surface area contributed by atoms with Gasteiger partial charge in [0.15, 0.2) is 5.65 Å². The number of carbonyl (C=O) groups is 2. The van der Waals surface area contributed by atoms with Crippen molar-refractivity contribution in [3.63, 3.8) is 0 Å². The third-order valence-electron chi connectivity index (χ3n) is 5.46. The first-order chi connectivity index (χ1) is 14.8. The first-order valence-electron chi connectivity index (χ1n) is 10.2. The lowest BCUT2D eigenvalue weighted by atomic mass is 10.1. The van der Waals surface area contributed by atoms with E-state index in [4.69, 9.17) is 0 Å². The van der Waals surface area contributed by atoms with Gasteiger partial charge in [0.1, 0.15) is 5.82 Å². The van der Waals surface area contributed by atoms with Crippen LogP contribution in [0.3, 0.4) is 0 Å². The van der Waals surface area contributed by atoms with Crippen molar-refractivity contribution in [3.05, 3.63) is 53.1 Å². The smallest absolute Gasteiger partial charge is 0.254 e. The Morgan fingerprint density at radius 3 is 2.58 bits per heavy atom. The Labute approximate surface area is 179 Å². The number of aryl methyl sites for hydroxylation is 3. The maximum atomic E-state index is 13.3. The van der Waals surface area contributed by atoms with Crippen LogP contribution in [0.4, 0.5) is 10.1 Å². The summed E-state index contributed by atoms with van der Waals surface area (Å²) in [4.78, 5) is 33.9. The molecule has 4 rings (SSSR count). The summed E-state index contributed by atoms with van der Waals surface area (Å²) in [6.45, 7) is 6.16. The van der Waals surface area contributed by atoms with Crippen molar-refractivity contribution < 1.29 is 14.0 Å². The second-order valence-corrected chi connectivity index (χ2v) is 7.85. The lowest BCUT2D eigenvalue weighted by Gasteiger charge is -2.34. The van der Waals surface area contributed by atoms with Crippen molar-refractivity contribution in [3.8, 4) is 0 Å². The summed E-state index contributed by atoms with van der Waals surface area (Å²) in [5, 5.41) is 7.91. The van der Waals surface area contributed by atoms with Crippen LogP contribution in [0, 0.1) is 19.7 Å². The van der Waals surface area contributed by atoms with Gasteiger partial charge in [-0.05, 0) is 38.1 Å². The highest BCUT2D eigenvalue weighted by atomic mass is 19.1. The minimum atomic E-state index is -0.394. The van der Waals surface area contributed by atoms with Gasteiger partial charge in [0.25, 0.3) is 5.91 Å². The van der Waals surface area contributed by atoms with E-state index in [-0.39, 0.29) is 18.4 Å². The highest BCUT2D eigenvalue weighted by Gasteiger charge is 2.26. The molecule has 3 heterocycles. The summed E-state index contributed by atoms with van der Waals surface area (Å²) < 4.78 is 15.0. The quantitative estimate of drug-likeness (QED) is 0.694. The molecule has 0 unspecified atom stereocenters. The monoisotopic (exact) mass is 424 g/mol. The van der Waals surface area contributed by atoms with E-state index in [2.05, 4.69) is 15.4 Å². The Morgan fingerprint density at radius 2 is 1.87 bits per heavy atom. The number of benzene rings is 1. The van der Waals surface area contributed by atoms with E-state index >= 15 is 0 Å². The Balaban J connectivity index is 1.39. The van der Waals surface area contributed by atoms with Crippen LogP contribution in [0.15, 0.2) is 30.3 Å². The van der Waals surface area contributed by atoms with Gasteiger partial charge in [0, 0.05) is 44.6 Å². The summed E-state index contributed by atoms with van der Waals surface area (Å²) in [7, 11) is 1.82. The molecule has 1 fully saturated rings. The zero-order chi connectivity index (χ0) is 22.1. The second-order valence-electron chi connectivity index (χ2n) is 7.85. The van der Waals surface area contributed by atoms with Crippen LogP contribution in [0.25, 0.3) is 11.0 Å². The molecule has 0 aliphatic carbocycles. The zero-order valence-electron chi connectivity index (χ0n) is 17.9. The van der Waals surface area contributed by atoms with E-state index in [1.54, 1.807) is 16.8 Å². The maximum absolute atomic E-state index is 13.3. The number of piperazine rings is 1. The first kappa shape index (κ1) is 20.9. The van der Waals surface area contributed by atoms with Crippen LogP contribution in [-0.4, -0.2) is 69.1 Å². The summed E-state index contributed by atoms with van der Waals surface area (Å²) in [6, 6.07) is 7.63. The molecule has 0 spiro atoms. The lowest BCUT2D eigenvalue weighted by Crippen LogP contribution is -2.50. The van der Waals surface area contributed by atoms with Crippen LogP contribution in [0.5, 0.6) is 0 Å². The number of pyridine rings is 1. The van der Waals surface area contributed by atoms with Gasteiger partial charge in [0.2, 0.25) is 5.91 Å². The molecule has 1 aliphatic rings. The third-order valence-corrected chi connectivity index (χ3v) is 5.46. The van der Waals surface area contributed by atoms with Gasteiger partial charge in [-0.2, -0.15) is 5.10 Å². The molecule has 3 aromatic rings. The fraction of sp³-hybridized carbons (Fsp3) is 0.364. The number of carbonyl (C=O) groups excluding carboxylic acids is 2. The molecular formula is C22H25FN6O2. The number of amides is 2. The van der Waals surface area contributed by atoms with Crippen molar-refractivity contribution >= 4 is 28.5 Å². The minimum Gasteiger partial charge on any atom is -0.336 e. The van der Waals surface area contributed by atoms with E-state index in [0.717, 1.165) is 16.8 Å². The van der Waals surface area contributed by atoms with Gasteiger partial charge in [-0.25, -0.2) is 9.37 Å². The normalized spacial score (nSPS) is 14.8. The molecule has 2 aromatic heterocycles. The van der Waals surface area contributed by atoms with Crippen molar-refractivity contribution in [1.29, 1.82) is 0 Å². The van der Waals surface area contributed by atoms with Crippen LogP contribution >= 0.6 is 0 Å². The van der Waals surface area contributed by atoms with Crippen LogP contribution in [0.2, 0.25) is 0 Å². The molecule has 0 radical (unpaired) electrons. The van der Waals surface area contributed by atoms with E-state index in [1.165, 1.54) is 12.1 Å². The molecular weight excluding hydrogens is 399 g/mol. The van der Waals surface area contributed by atoms with E-state index < -0.39 is 5.82 Å². The largest absolute Gasteiger partial charge is 0.336 e. The minimum absolute atomic E-state index is 0.0459. The molecule has 1 aromatic carbocycles. The van der Waals surface area contributed by atoms with Gasteiger partial charge in [-0.3, -0.25) is 19.2 Å². The van der Waals surface area contributed by atoms with Crippen molar-refractivity contribution in [2.75, 3.05) is 38.0 Å². The molecule has 8 nitrogen and oxygen atoms in total. The molecule has 0 atom stereocenters. The molecule has 1 saturated heterocycles. The predicted molar refractivity (Wildman–Crippen MR) is 115 cm³/mol. The number of hydrogen-bond donors (Lipinski definition) is 1. The topological polar surface area (TPSA) is 83.4 Å². The summed E-state index contributed by atoms with van der Waals surface area (Å²) in [5.41, 5.74) is 3.30. The molecule has 31 heavy (non-hydrogen) atoms. The predicted octanol–water partition coefficient (Wildman–Crippen LogP) is 2.12. The number of hydrogen-bond acceptors (Lipinski definition) is 5. The number of nitrogens with one attached hydrogen (secondary N) is 1. The molecule has 1 N–H and O–H groups in total. The standard InChI is InChI=1S/C22H25FN6O2/c1-14-11-18(20-15(2)26-27(3)21(20)24-14)22(31)29-9-7-28(8-10-29)13-19(30)25-17-6-4-5-16(23)12-17/h4-6,11-12H,7-10,13H2,1-3H3,(H,25,30). The summed E-state index contributed by atoms with van der Waals surface area (Å²) in [5.74, 6) is -0.646. The van der Waals surface area contributed by atoms with Gasteiger partial charge in [-0.15, -0.1) is 0 Å². The SMILES string of the molecule is Cc1cc(C(=O)N2CCN(CC(=O)Nc3cccc(F)c3)CC2)c2c(C)nn(C)c2n1. The van der Waals surface area contributed by atoms with E-state index in [9.17, 15) is 14.0 Å². The van der Waals surface area contributed by atoms with Gasteiger partial charge in [-0.1, -0.05) is 6.07 Å². The Kier molecular flexibility index (Phi) is 5.69. The van der Waals surface area contributed by atoms with E-state index in [1.807, 2.05) is 36.8 Å². The maximum Gasteiger partial charge on any atom is 0.254 e. The highest BCUT2D eigenvalue weighted by Crippen LogP contribution is 2.23. The first-order valence-corrected chi connectivity index (χ1v) is 10.2. The average Bonchev–Trinajstić information content (AvgIpc) is 3.01. The fourth-order valence-corrected chi connectivity index (χ4v) is 3.99. The Morgan fingerprint density at radius 1 is 1.13 bits per heavy atom. The summed E-state index contributed by atoms with van der Waals surface area (Å²) >= 11 is 0. The van der Waals surface area contributed by atoms with Crippen LogP contribution in [-0.2, 0) is 11.8 Å². The second kappa shape index (κ2) is 8.43. The molecule has 162 valence electrons. The van der Waals surface area contributed by atoms with E-state index in [0.29, 0.717) is 43.1 Å². The molecule has 9 heteroatoms. The van der Waals surface area contributed by atoms with Crippen molar-refractivity contribution in [2.24, 2.45) is 7.05 Å². The van der Waals surface area contributed by atoms with Crippen molar-refractivity contribution in [2.45, 2.75) is 13.8 Å². The lowest BCUT2D eigenvalue weighted by molar-refractivity contribution is -0.117. The van der Waals surface area contributed by atoms with Crippen LogP contribution < -0.4 is 5.32 Å².